The van der Waals surface area contributed by atoms with E-state index < -0.39 is 23.5 Å². The van der Waals surface area contributed by atoms with Crippen LogP contribution < -0.4 is 10.6 Å². The predicted molar refractivity (Wildman–Crippen MR) is 63.9 cm³/mol. The maximum Gasteiger partial charge on any atom is 0.326 e. The maximum absolute atomic E-state index is 11.4. The van der Waals surface area contributed by atoms with Crippen molar-refractivity contribution in [2.75, 3.05) is 20.3 Å². The fraction of sp³-hybridized carbons (Fsp3) is 0.818. The second kappa shape index (κ2) is 7.11. The van der Waals surface area contributed by atoms with E-state index in [4.69, 9.17) is 9.84 Å². The van der Waals surface area contributed by atoms with Gasteiger partial charge in [-0.1, -0.05) is 20.8 Å². The van der Waals surface area contributed by atoms with Gasteiger partial charge in [0.15, 0.2) is 0 Å². The largest absolute Gasteiger partial charge is 0.480 e. The highest BCUT2D eigenvalue weighted by atomic mass is 16.5. The number of carboxylic acids is 1. The summed E-state index contributed by atoms with van der Waals surface area (Å²) < 4.78 is 4.83. The Balaban J connectivity index is 4.11. The number of urea groups is 1. The number of aliphatic carboxylic acids is 1. The first-order valence-corrected chi connectivity index (χ1v) is 5.55. The van der Waals surface area contributed by atoms with Gasteiger partial charge in [0, 0.05) is 20.3 Å². The molecule has 2 amide bonds. The lowest BCUT2D eigenvalue weighted by atomic mass is 9.87. The lowest BCUT2D eigenvalue weighted by molar-refractivity contribution is -0.141. The maximum atomic E-state index is 11.4. The highest BCUT2D eigenvalue weighted by Crippen LogP contribution is 2.19. The molecular formula is C11H22N2O4. The van der Waals surface area contributed by atoms with Crippen molar-refractivity contribution in [1.29, 1.82) is 0 Å². The monoisotopic (exact) mass is 246 g/mol. The number of methoxy groups -OCH3 is 1. The summed E-state index contributed by atoms with van der Waals surface area (Å²) in [4.78, 5) is 22.4. The summed E-state index contributed by atoms with van der Waals surface area (Å²) in [5.74, 6) is -1.04. The van der Waals surface area contributed by atoms with E-state index >= 15 is 0 Å². The summed E-state index contributed by atoms with van der Waals surface area (Å²) in [5, 5.41) is 14.0. The van der Waals surface area contributed by atoms with Gasteiger partial charge in [0.2, 0.25) is 0 Å². The molecule has 6 nitrogen and oxygen atoms in total. The van der Waals surface area contributed by atoms with Crippen LogP contribution in [-0.2, 0) is 9.53 Å². The summed E-state index contributed by atoms with van der Waals surface area (Å²) in [6.45, 7) is 6.29. The van der Waals surface area contributed by atoms with Gasteiger partial charge < -0.3 is 20.5 Å². The molecule has 0 rings (SSSR count). The Morgan fingerprint density at radius 3 is 2.35 bits per heavy atom. The fourth-order valence-corrected chi connectivity index (χ4v) is 1.25. The summed E-state index contributed by atoms with van der Waals surface area (Å²) >= 11 is 0. The van der Waals surface area contributed by atoms with Gasteiger partial charge in [-0.2, -0.15) is 0 Å². The Morgan fingerprint density at radius 1 is 1.35 bits per heavy atom. The molecule has 0 saturated heterocycles. The molecular weight excluding hydrogens is 224 g/mol. The zero-order valence-corrected chi connectivity index (χ0v) is 10.9. The molecule has 0 aromatic heterocycles. The van der Waals surface area contributed by atoms with E-state index in [9.17, 15) is 9.59 Å². The van der Waals surface area contributed by atoms with Crippen LogP contribution in [0.25, 0.3) is 0 Å². The summed E-state index contributed by atoms with van der Waals surface area (Å²) in [7, 11) is 1.58. The SMILES string of the molecule is COCCCNC(=O)N[C@@H](C(=O)O)C(C)(C)C. The molecule has 0 unspecified atom stereocenters. The molecule has 6 heteroatoms. The number of hydrogen-bond acceptors (Lipinski definition) is 3. The first-order valence-electron chi connectivity index (χ1n) is 5.55. The van der Waals surface area contributed by atoms with Gasteiger partial charge in [-0.3, -0.25) is 0 Å². The highest BCUT2D eigenvalue weighted by molar-refractivity contribution is 5.83. The van der Waals surface area contributed by atoms with Crippen molar-refractivity contribution in [2.24, 2.45) is 5.41 Å². The van der Waals surface area contributed by atoms with Crippen LogP contribution >= 0.6 is 0 Å². The molecule has 3 N–H and O–H groups in total. The summed E-state index contributed by atoms with van der Waals surface area (Å²) in [6.07, 6.45) is 0.692. The molecule has 0 aromatic rings. The van der Waals surface area contributed by atoms with Crippen molar-refractivity contribution in [2.45, 2.75) is 33.2 Å². The second-order valence-electron chi connectivity index (χ2n) is 4.88. The molecule has 0 aliphatic heterocycles. The van der Waals surface area contributed by atoms with Gasteiger partial charge in [-0.25, -0.2) is 9.59 Å². The molecule has 0 bridgehead atoms. The van der Waals surface area contributed by atoms with Gasteiger partial charge in [-0.05, 0) is 11.8 Å². The molecule has 0 spiro atoms. The zero-order valence-electron chi connectivity index (χ0n) is 10.9. The number of carbonyl (C=O) groups is 2. The number of hydrogen-bond donors (Lipinski definition) is 3. The van der Waals surface area contributed by atoms with E-state index in [1.54, 1.807) is 27.9 Å². The predicted octanol–water partition coefficient (Wildman–Crippen LogP) is 0.821. The van der Waals surface area contributed by atoms with Crippen LogP contribution in [-0.4, -0.2) is 43.4 Å². The lowest BCUT2D eigenvalue weighted by Crippen LogP contribution is -2.52. The number of nitrogens with one attached hydrogen (secondary N) is 2. The third kappa shape index (κ3) is 6.78. The summed E-state index contributed by atoms with van der Waals surface area (Å²) in [5.41, 5.74) is -0.532. The molecule has 1 atom stereocenters. The number of rotatable bonds is 6. The molecule has 0 aliphatic rings. The quantitative estimate of drug-likeness (QED) is 0.605. The Labute approximate surface area is 102 Å². The Bertz CT molecular complexity index is 261. The van der Waals surface area contributed by atoms with E-state index in [1.807, 2.05) is 0 Å². The van der Waals surface area contributed by atoms with Crippen LogP contribution in [0.1, 0.15) is 27.2 Å². The smallest absolute Gasteiger partial charge is 0.326 e. The number of ether oxygens (including phenoxy) is 1. The van der Waals surface area contributed by atoms with Gasteiger partial charge in [0.25, 0.3) is 0 Å². The topological polar surface area (TPSA) is 87.7 Å². The Kier molecular flexibility index (Phi) is 6.57. The van der Waals surface area contributed by atoms with Crippen LogP contribution in [0, 0.1) is 5.41 Å². The molecule has 0 fully saturated rings. The van der Waals surface area contributed by atoms with E-state index in [0.717, 1.165) is 0 Å². The number of carboxylic acid groups (broad SMARTS) is 1. The number of amides is 2. The molecule has 0 radical (unpaired) electrons. The van der Waals surface area contributed by atoms with Crippen molar-refractivity contribution in [3.05, 3.63) is 0 Å². The molecule has 0 saturated carbocycles. The van der Waals surface area contributed by atoms with Crippen LogP contribution in [0.2, 0.25) is 0 Å². The minimum absolute atomic E-state index is 0.455. The van der Waals surface area contributed by atoms with E-state index in [-0.39, 0.29) is 0 Å². The lowest BCUT2D eigenvalue weighted by Gasteiger charge is -2.27. The van der Waals surface area contributed by atoms with Crippen molar-refractivity contribution in [3.8, 4) is 0 Å². The highest BCUT2D eigenvalue weighted by Gasteiger charge is 2.32. The third-order valence-electron chi connectivity index (χ3n) is 2.20. The van der Waals surface area contributed by atoms with Gasteiger partial charge in [0.05, 0.1) is 0 Å². The zero-order chi connectivity index (χ0) is 13.5. The van der Waals surface area contributed by atoms with E-state index in [1.165, 1.54) is 0 Å². The average molecular weight is 246 g/mol. The van der Waals surface area contributed by atoms with Crippen molar-refractivity contribution < 1.29 is 19.4 Å². The molecule has 0 aliphatic carbocycles. The minimum atomic E-state index is -1.04. The third-order valence-corrected chi connectivity index (χ3v) is 2.20. The second-order valence-corrected chi connectivity index (χ2v) is 4.88. The standard InChI is InChI=1S/C11H22N2O4/c1-11(2,3)8(9(14)15)13-10(16)12-6-5-7-17-4/h8H,5-7H2,1-4H3,(H,14,15)(H2,12,13,16)/t8-/m0/s1. The number of carbonyl (C=O) groups excluding carboxylic acids is 1. The summed E-state index contributed by atoms with van der Waals surface area (Å²) in [6, 6.07) is -1.38. The average Bonchev–Trinajstić information content (AvgIpc) is 2.19. The van der Waals surface area contributed by atoms with Crippen LogP contribution in [0.15, 0.2) is 0 Å². The van der Waals surface area contributed by atoms with E-state index in [0.29, 0.717) is 19.6 Å². The first kappa shape index (κ1) is 15.7. The van der Waals surface area contributed by atoms with Crippen molar-refractivity contribution in [3.63, 3.8) is 0 Å². The van der Waals surface area contributed by atoms with Crippen LogP contribution in [0.3, 0.4) is 0 Å². The molecule has 17 heavy (non-hydrogen) atoms. The molecule has 100 valence electrons. The van der Waals surface area contributed by atoms with Crippen molar-refractivity contribution in [1.82, 2.24) is 10.6 Å². The van der Waals surface area contributed by atoms with Gasteiger partial charge >= 0.3 is 12.0 Å². The molecule has 0 aromatic carbocycles. The molecule has 0 heterocycles. The van der Waals surface area contributed by atoms with E-state index in [2.05, 4.69) is 10.6 Å². The fourth-order valence-electron chi connectivity index (χ4n) is 1.25. The van der Waals surface area contributed by atoms with Crippen molar-refractivity contribution >= 4 is 12.0 Å². The van der Waals surface area contributed by atoms with Crippen LogP contribution in [0.5, 0.6) is 0 Å². The van der Waals surface area contributed by atoms with Gasteiger partial charge in [-0.15, -0.1) is 0 Å². The minimum Gasteiger partial charge on any atom is -0.480 e. The Morgan fingerprint density at radius 2 is 1.94 bits per heavy atom. The normalized spacial score (nSPS) is 12.9. The van der Waals surface area contributed by atoms with Gasteiger partial charge in [0.1, 0.15) is 6.04 Å². The Hall–Kier alpha value is -1.30. The first-order chi connectivity index (χ1) is 7.79. The van der Waals surface area contributed by atoms with Crippen LogP contribution in [0.4, 0.5) is 4.79 Å².